The first-order chi connectivity index (χ1) is 7.68. The van der Waals surface area contributed by atoms with Crippen LogP contribution in [0.15, 0.2) is 12.3 Å². The van der Waals surface area contributed by atoms with Gasteiger partial charge in [0.05, 0.1) is 0 Å². The largest absolute Gasteiger partial charge is 0.481 e. The van der Waals surface area contributed by atoms with Gasteiger partial charge in [-0.1, -0.05) is 0 Å². The number of aromatic nitrogens is 1. The van der Waals surface area contributed by atoms with Crippen molar-refractivity contribution in [1.29, 1.82) is 0 Å². The first kappa shape index (κ1) is 12.6. The third kappa shape index (κ3) is 5.45. The van der Waals surface area contributed by atoms with E-state index in [-0.39, 0.29) is 18.7 Å². The topological polar surface area (TPSA) is 79.3 Å². The Labute approximate surface area is 97.7 Å². The lowest BCUT2D eigenvalue weighted by Crippen LogP contribution is -2.25. The van der Waals surface area contributed by atoms with Gasteiger partial charge in [0.25, 0.3) is 0 Å². The Morgan fingerprint density at radius 3 is 2.88 bits per heavy atom. The first-order valence-electron chi connectivity index (χ1n) is 5.06. The Kier molecular flexibility index (Phi) is 5.49. The predicted molar refractivity (Wildman–Crippen MR) is 60.3 cm³/mol. The van der Waals surface area contributed by atoms with E-state index in [1.807, 2.05) is 6.07 Å². The van der Waals surface area contributed by atoms with Gasteiger partial charge in [-0.15, -0.1) is 0 Å². The number of nitrogens with zero attached hydrogens (tertiary/aromatic N) is 1. The average molecular weight is 242 g/mol. The van der Waals surface area contributed by atoms with Crippen LogP contribution in [0, 0.1) is 0 Å². The highest BCUT2D eigenvalue weighted by atomic mass is 32.1. The summed E-state index contributed by atoms with van der Waals surface area (Å²) in [5.41, 5.74) is 0. The minimum Gasteiger partial charge on any atom is -0.481 e. The second-order valence-electron chi connectivity index (χ2n) is 3.33. The van der Waals surface area contributed by atoms with E-state index in [1.54, 1.807) is 6.20 Å². The SMILES string of the molecule is O=C(O)CCCC(=O)NCCc1ccns1. The standard InChI is InChI=1S/C10H14N2O3S/c13-9(2-1-3-10(14)15)11-6-4-8-5-7-12-16-8/h5,7H,1-4,6H2,(H,11,13)(H,14,15). The van der Waals surface area contributed by atoms with Crippen LogP contribution >= 0.6 is 11.5 Å². The van der Waals surface area contributed by atoms with Crippen LogP contribution in [0.2, 0.25) is 0 Å². The van der Waals surface area contributed by atoms with Gasteiger partial charge in [0.2, 0.25) is 5.91 Å². The average Bonchev–Trinajstić information content (AvgIpc) is 2.70. The van der Waals surface area contributed by atoms with Crippen molar-refractivity contribution >= 4 is 23.4 Å². The van der Waals surface area contributed by atoms with Gasteiger partial charge >= 0.3 is 5.97 Å². The number of nitrogens with one attached hydrogen (secondary N) is 1. The van der Waals surface area contributed by atoms with Gasteiger partial charge in [-0.25, -0.2) is 4.37 Å². The molecule has 0 unspecified atom stereocenters. The molecule has 1 rings (SSSR count). The highest BCUT2D eigenvalue weighted by molar-refractivity contribution is 7.05. The Morgan fingerprint density at radius 1 is 1.44 bits per heavy atom. The zero-order chi connectivity index (χ0) is 11.8. The van der Waals surface area contributed by atoms with Crippen LogP contribution < -0.4 is 5.32 Å². The number of aliphatic carboxylic acids is 1. The highest BCUT2D eigenvalue weighted by Gasteiger charge is 2.03. The fraction of sp³-hybridized carbons (Fsp3) is 0.500. The van der Waals surface area contributed by atoms with E-state index >= 15 is 0 Å². The molecular formula is C10H14N2O3S. The molecule has 0 aromatic carbocycles. The van der Waals surface area contributed by atoms with Gasteiger partial charge in [0, 0.05) is 36.9 Å². The minimum absolute atomic E-state index is 0.0439. The first-order valence-corrected chi connectivity index (χ1v) is 5.84. The second kappa shape index (κ2) is 6.95. The minimum atomic E-state index is -0.863. The number of carbonyl (C=O) groups excluding carboxylic acids is 1. The van der Waals surface area contributed by atoms with Gasteiger partial charge < -0.3 is 10.4 Å². The summed E-state index contributed by atoms with van der Waals surface area (Å²) in [4.78, 5) is 22.6. The van der Waals surface area contributed by atoms with Crippen molar-refractivity contribution < 1.29 is 14.7 Å². The van der Waals surface area contributed by atoms with Crippen LogP contribution in [-0.4, -0.2) is 27.9 Å². The predicted octanol–water partition coefficient (Wildman–Crippen LogP) is 1.06. The summed E-state index contributed by atoms with van der Waals surface area (Å²) in [6.07, 6.45) is 3.21. The van der Waals surface area contributed by atoms with Crippen LogP contribution in [0.5, 0.6) is 0 Å². The summed E-state index contributed by atoms with van der Waals surface area (Å²) in [6, 6.07) is 1.92. The number of hydrogen-bond acceptors (Lipinski definition) is 4. The maximum atomic E-state index is 11.2. The smallest absolute Gasteiger partial charge is 0.303 e. The van der Waals surface area contributed by atoms with Gasteiger partial charge in [0.15, 0.2) is 0 Å². The molecule has 2 N–H and O–H groups in total. The molecule has 16 heavy (non-hydrogen) atoms. The lowest BCUT2D eigenvalue weighted by Gasteiger charge is -2.02. The number of carboxylic acid groups (broad SMARTS) is 1. The fourth-order valence-electron chi connectivity index (χ4n) is 1.18. The summed E-state index contributed by atoms with van der Waals surface area (Å²) in [6.45, 7) is 0.577. The lowest BCUT2D eigenvalue weighted by atomic mass is 10.2. The lowest BCUT2D eigenvalue weighted by molar-refractivity contribution is -0.137. The van der Waals surface area contributed by atoms with Crippen LogP contribution in [0.25, 0.3) is 0 Å². The summed E-state index contributed by atoms with van der Waals surface area (Å²) < 4.78 is 3.95. The Morgan fingerprint density at radius 2 is 2.25 bits per heavy atom. The van der Waals surface area contributed by atoms with Gasteiger partial charge in [-0.2, -0.15) is 0 Å². The molecule has 1 aromatic rings. The van der Waals surface area contributed by atoms with E-state index in [4.69, 9.17) is 5.11 Å². The van der Waals surface area contributed by atoms with E-state index in [2.05, 4.69) is 9.69 Å². The van der Waals surface area contributed by atoms with E-state index in [9.17, 15) is 9.59 Å². The molecule has 1 amide bonds. The zero-order valence-electron chi connectivity index (χ0n) is 8.81. The zero-order valence-corrected chi connectivity index (χ0v) is 9.63. The molecule has 0 aliphatic carbocycles. The second-order valence-corrected chi connectivity index (χ2v) is 4.24. The molecule has 1 aromatic heterocycles. The fourth-order valence-corrected chi connectivity index (χ4v) is 1.76. The van der Waals surface area contributed by atoms with E-state index in [1.165, 1.54) is 11.5 Å². The molecule has 0 aliphatic rings. The van der Waals surface area contributed by atoms with E-state index in [0.717, 1.165) is 11.3 Å². The summed E-state index contributed by atoms with van der Waals surface area (Å²) >= 11 is 1.42. The highest BCUT2D eigenvalue weighted by Crippen LogP contribution is 2.04. The van der Waals surface area contributed by atoms with Crippen LogP contribution in [0.4, 0.5) is 0 Å². The van der Waals surface area contributed by atoms with Gasteiger partial charge in [0.1, 0.15) is 0 Å². The van der Waals surface area contributed by atoms with E-state index < -0.39 is 5.97 Å². The molecule has 0 bridgehead atoms. The van der Waals surface area contributed by atoms with Gasteiger partial charge in [-0.05, 0) is 24.0 Å². The molecule has 6 heteroatoms. The number of hydrogen-bond donors (Lipinski definition) is 2. The molecule has 0 radical (unpaired) electrons. The molecule has 5 nitrogen and oxygen atoms in total. The number of amides is 1. The van der Waals surface area contributed by atoms with Crippen LogP contribution in [0.1, 0.15) is 24.1 Å². The third-order valence-electron chi connectivity index (χ3n) is 1.98. The Bertz CT molecular complexity index is 338. The quantitative estimate of drug-likeness (QED) is 0.749. The maximum Gasteiger partial charge on any atom is 0.303 e. The Balaban J connectivity index is 2.04. The van der Waals surface area contributed by atoms with Crippen LogP contribution in [0.3, 0.4) is 0 Å². The normalized spacial score (nSPS) is 10.0. The van der Waals surface area contributed by atoms with Crippen molar-refractivity contribution in [2.45, 2.75) is 25.7 Å². The monoisotopic (exact) mass is 242 g/mol. The number of rotatable bonds is 7. The molecule has 0 atom stereocenters. The summed E-state index contributed by atoms with van der Waals surface area (Å²) in [7, 11) is 0. The molecule has 0 spiro atoms. The van der Waals surface area contributed by atoms with Crippen LogP contribution in [-0.2, 0) is 16.0 Å². The Hall–Kier alpha value is -1.43. The molecule has 0 saturated heterocycles. The van der Waals surface area contributed by atoms with Crippen molar-refractivity contribution in [2.75, 3.05) is 6.54 Å². The molecule has 88 valence electrons. The number of carbonyl (C=O) groups is 2. The summed E-state index contributed by atoms with van der Waals surface area (Å²) in [5.74, 6) is -0.955. The molecular weight excluding hydrogens is 228 g/mol. The molecule has 0 saturated carbocycles. The molecule has 0 aliphatic heterocycles. The molecule has 0 fully saturated rings. The van der Waals surface area contributed by atoms with Crippen molar-refractivity contribution in [3.8, 4) is 0 Å². The number of carboxylic acids is 1. The maximum absolute atomic E-state index is 11.2. The van der Waals surface area contributed by atoms with Crippen molar-refractivity contribution in [3.05, 3.63) is 17.1 Å². The van der Waals surface area contributed by atoms with Crippen molar-refractivity contribution in [1.82, 2.24) is 9.69 Å². The van der Waals surface area contributed by atoms with Gasteiger partial charge in [-0.3, -0.25) is 9.59 Å². The van der Waals surface area contributed by atoms with Crippen molar-refractivity contribution in [3.63, 3.8) is 0 Å². The third-order valence-corrected chi connectivity index (χ3v) is 2.78. The van der Waals surface area contributed by atoms with Crippen molar-refractivity contribution in [2.24, 2.45) is 0 Å². The van der Waals surface area contributed by atoms with E-state index in [0.29, 0.717) is 13.0 Å². The molecule has 1 heterocycles. The summed E-state index contributed by atoms with van der Waals surface area (Å²) in [5, 5.41) is 11.1.